The van der Waals surface area contributed by atoms with Crippen molar-refractivity contribution in [2.45, 2.75) is 0 Å². The summed E-state index contributed by atoms with van der Waals surface area (Å²) in [5, 5.41) is 4.02. The summed E-state index contributed by atoms with van der Waals surface area (Å²) in [5.74, 6) is -0.306. The summed E-state index contributed by atoms with van der Waals surface area (Å²) in [6.45, 7) is 3.21. The van der Waals surface area contributed by atoms with Gasteiger partial charge in [-0.05, 0) is 42.5 Å². The first-order valence-electron chi connectivity index (χ1n) is 7.89. The first kappa shape index (κ1) is 18.0. The molecule has 1 N–H and O–H groups in total. The predicted octanol–water partition coefficient (Wildman–Crippen LogP) is 3.83. The zero-order chi connectivity index (χ0) is 17.8. The third-order valence-electron chi connectivity index (χ3n) is 4.03. The summed E-state index contributed by atoms with van der Waals surface area (Å²) < 4.78 is 0. The van der Waals surface area contributed by atoms with Gasteiger partial charge in [0, 0.05) is 47.5 Å². The van der Waals surface area contributed by atoms with E-state index in [0.717, 1.165) is 26.2 Å². The molecule has 0 aromatic heterocycles. The van der Waals surface area contributed by atoms with Crippen molar-refractivity contribution in [3.8, 4) is 0 Å². The maximum atomic E-state index is 12.3. The monoisotopic (exact) mass is 393 g/mol. The van der Waals surface area contributed by atoms with Crippen LogP contribution in [0.3, 0.4) is 0 Å². The Hall–Kier alpha value is -1.82. The summed E-state index contributed by atoms with van der Waals surface area (Å²) in [7, 11) is 0. The number of carbonyl (C=O) groups is 1. The summed E-state index contributed by atoms with van der Waals surface area (Å²) >= 11 is 17.3. The minimum Gasteiger partial charge on any atom is -0.368 e. The number of para-hydroxylation sites is 1. The lowest BCUT2D eigenvalue weighted by atomic mass is 10.2. The third-order valence-corrected chi connectivity index (χ3v) is 4.83. The fourth-order valence-electron chi connectivity index (χ4n) is 2.74. The molecule has 2 aromatic carbocycles. The fraction of sp³-hybridized carbons (Fsp3) is 0.222. The van der Waals surface area contributed by atoms with E-state index in [1.807, 2.05) is 23.1 Å². The van der Waals surface area contributed by atoms with E-state index in [2.05, 4.69) is 22.3 Å². The molecule has 3 rings (SSSR count). The highest BCUT2D eigenvalue weighted by Crippen LogP contribution is 2.19. The van der Waals surface area contributed by atoms with E-state index in [4.69, 9.17) is 35.4 Å². The van der Waals surface area contributed by atoms with Gasteiger partial charge >= 0.3 is 0 Å². The number of halogens is 2. The molecule has 0 saturated carbocycles. The summed E-state index contributed by atoms with van der Waals surface area (Å²) in [5.41, 5.74) is 1.59. The second kappa shape index (κ2) is 8.04. The largest absolute Gasteiger partial charge is 0.368 e. The maximum absolute atomic E-state index is 12.3. The lowest BCUT2D eigenvalue weighted by Crippen LogP contribution is -2.52. The minimum absolute atomic E-state index is 0.306. The number of hydrogen-bond donors (Lipinski definition) is 1. The van der Waals surface area contributed by atoms with Crippen molar-refractivity contribution in [1.82, 2.24) is 10.2 Å². The van der Waals surface area contributed by atoms with E-state index in [9.17, 15) is 4.79 Å². The molecule has 4 nitrogen and oxygen atoms in total. The molecule has 0 bridgehead atoms. The lowest BCUT2D eigenvalue weighted by molar-refractivity contribution is 0.0973. The van der Waals surface area contributed by atoms with Gasteiger partial charge in [0.1, 0.15) is 0 Å². The van der Waals surface area contributed by atoms with Crippen LogP contribution in [-0.2, 0) is 0 Å². The van der Waals surface area contributed by atoms with Crippen LogP contribution in [0.4, 0.5) is 5.69 Å². The Kier molecular flexibility index (Phi) is 5.78. The Morgan fingerprint density at radius 3 is 2.16 bits per heavy atom. The minimum atomic E-state index is -0.306. The molecule has 1 fully saturated rings. The zero-order valence-electron chi connectivity index (χ0n) is 13.4. The van der Waals surface area contributed by atoms with Crippen LogP contribution in [0.15, 0.2) is 48.5 Å². The van der Waals surface area contributed by atoms with Crippen LogP contribution in [0.1, 0.15) is 10.4 Å². The van der Waals surface area contributed by atoms with Gasteiger partial charge in [-0.3, -0.25) is 10.1 Å². The van der Waals surface area contributed by atoms with Gasteiger partial charge in [0.05, 0.1) is 0 Å². The molecule has 130 valence electrons. The van der Waals surface area contributed by atoms with E-state index in [1.165, 1.54) is 5.69 Å². The van der Waals surface area contributed by atoms with Crippen LogP contribution >= 0.6 is 35.4 Å². The van der Waals surface area contributed by atoms with Gasteiger partial charge in [-0.15, -0.1) is 0 Å². The Bertz CT molecular complexity index is 757. The van der Waals surface area contributed by atoms with Gasteiger partial charge < -0.3 is 9.80 Å². The fourth-order valence-corrected chi connectivity index (χ4v) is 3.54. The van der Waals surface area contributed by atoms with Crippen molar-refractivity contribution in [2.75, 3.05) is 31.1 Å². The van der Waals surface area contributed by atoms with Gasteiger partial charge in [0.15, 0.2) is 5.11 Å². The number of hydrogen-bond acceptors (Lipinski definition) is 3. The van der Waals surface area contributed by atoms with E-state index in [1.54, 1.807) is 18.2 Å². The van der Waals surface area contributed by atoms with E-state index in [0.29, 0.717) is 20.7 Å². The molecule has 1 aliphatic heterocycles. The van der Waals surface area contributed by atoms with Crippen LogP contribution < -0.4 is 10.2 Å². The molecule has 1 aliphatic rings. The molecule has 0 atom stereocenters. The highest BCUT2D eigenvalue weighted by atomic mass is 35.5. The van der Waals surface area contributed by atoms with Crippen LogP contribution in [0.25, 0.3) is 0 Å². The number of piperazine rings is 1. The zero-order valence-corrected chi connectivity index (χ0v) is 15.7. The highest BCUT2D eigenvalue weighted by Gasteiger charge is 2.20. The van der Waals surface area contributed by atoms with Gasteiger partial charge in [-0.1, -0.05) is 41.4 Å². The van der Waals surface area contributed by atoms with Crippen LogP contribution in [0.2, 0.25) is 10.0 Å². The van der Waals surface area contributed by atoms with E-state index in [-0.39, 0.29) is 5.91 Å². The number of nitrogens with zero attached hydrogens (tertiary/aromatic N) is 2. The molecular weight excluding hydrogens is 377 g/mol. The SMILES string of the molecule is O=C(NC(=S)N1CCN(c2ccccc2)CC1)c1cc(Cl)cc(Cl)c1. The van der Waals surface area contributed by atoms with Gasteiger partial charge in [0.25, 0.3) is 5.91 Å². The predicted molar refractivity (Wildman–Crippen MR) is 107 cm³/mol. The molecular formula is C18H17Cl2N3OS. The van der Waals surface area contributed by atoms with Gasteiger partial charge in [0.2, 0.25) is 0 Å². The second-order valence-electron chi connectivity index (χ2n) is 5.73. The molecule has 1 amide bonds. The van der Waals surface area contributed by atoms with E-state index >= 15 is 0 Å². The van der Waals surface area contributed by atoms with Crippen molar-refractivity contribution in [1.29, 1.82) is 0 Å². The molecule has 7 heteroatoms. The number of benzene rings is 2. The Labute approximate surface area is 162 Å². The lowest BCUT2D eigenvalue weighted by Gasteiger charge is -2.37. The quantitative estimate of drug-likeness (QED) is 0.786. The molecule has 0 unspecified atom stereocenters. The number of amides is 1. The van der Waals surface area contributed by atoms with E-state index < -0.39 is 0 Å². The highest BCUT2D eigenvalue weighted by molar-refractivity contribution is 7.80. The maximum Gasteiger partial charge on any atom is 0.257 e. The number of carbonyl (C=O) groups excluding carboxylic acids is 1. The Morgan fingerprint density at radius 2 is 1.56 bits per heavy atom. The molecule has 1 saturated heterocycles. The first-order chi connectivity index (χ1) is 12.0. The average molecular weight is 394 g/mol. The Balaban J connectivity index is 1.57. The molecule has 2 aromatic rings. The number of nitrogens with one attached hydrogen (secondary N) is 1. The molecule has 1 heterocycles. The summed E-state index contributed by atoms with van der Waals surface area (Å²) in [6, 6.07) is 15.0. The normalized spacial score (nSPS) is 14.3. The first-order valence-corrected chi connectivity index (χ1v) is 9.06. The van der Waals surface area contributed by atoms with Crippen molar-refractivity contribution in [3.63, 3.8) is 0 Å². The topological polar surface area (TPSA) is 35.6 Å². The van der Waals surface area contributed by atoms with Crippen LogP contribution in [0.5, 0.6) is 0 Å². The number of thiocarbonyl (C=S) groups is 1. The van der Waals surface area contributed by atoms with Gasteiger partial charge in [-0.2, -0.15) is 0 Å². The molecule has 25 heavy (non-hydrogen) atoms. The van der Waals surface area contributed by atoms with Crippen molar-refractivity contribution >= 4 is 52.1 Å². The van der Waals surface area contributed by atoms with Gasteiger partial charge in [-0.25, -0.2) is 0 Å². The van der Waals surface area contributed by atoms with Crippen LogP contribution in [-0.4, -0.2) is 42.1 Å². The molecule has 0 spiro atoms. The second-order valence-corrected chi connectivity index (χ2v) is 6.99. The Morgan fingerprint density at radius 1 is 0.960 bits per heavy atom. The third kappa shape index (κ3) is 4.63. The standard InChI is InChI=1S/C18H17Cl2N3OS/c19-14-10-13(11-15(20)12-14)17(24)21-18(25)23-8-6-22(7-9-23)16-4-2-1-3-5-16/h1-5,10-12H,6-9H2,(H,21,24,25). The molecule has 0 radical (unpaired) electrons. The van der Waals surface area contributed by atoms with Crippen molar-refractivity contribution < 1.29 is 4.79 Å². The van der Waals surface area contributed by atoms with Crippen molar-refractivity contribution in [3.05, 3.63) is 64.1 Å². The molecule has 0 aliphatic carbocycles. The average Bonchev–Trinajstić information content (AvgIpc) is 2.61. The summed E-state index contributed by atoms with van der Waals surface area (Å²) in [6.07, 6.45) is 0. The van der Waals surface area contributed by atoms with Crippen LogP contribution in [0, 0.1) is 0 Å². The smallest absolute Gasteiger partial charge is 0.257 e. The number of anilines is 1. The van der Waals surface area contributed by atoms with Crippen molar-refractivity contribution in [2.24, 2.45) is 0 Å². The number of rotatable bonds is 2. The summed E-state index contributed by atoms with van der Waals surface area (Å²) in [4.78, 5) is 16.6.